The van der Waals surface area contributed by atoms with Crippen LogP contribution in [-0.4, -0.2) is 11.1 Å². The van der Waals surface area contributed by atoms with Crippen LogP contribution < -0.4 is 0 Å². The molecule has 2 heteroatoms. The number of fused-ring (bicyclic) bond motifs is 5. The topological polar surface area (TPSA) is 37.3 Å². The van der Waals surface area contributed by atoms with Gasteiger partial charge in [0.15, 0.2) is 0 Å². The molecule has 0 aromatic heterocycles. The molecule has 0 spiro atoms. The molecule has 15 heavy (non-hydrogen) atoms. The third-order valence-corrected chi connectivity index (χ3v) is 5.66. The molecule has 1 unspecified atom stereocenters. The van der Waals surface area contributed by atoms with E-state index in [9.17, 15) is 9.90 Å². The second kappa shape index (κ2) is 2.99. The van der Waals surface area contributed by atoms with E-state index in [4.69, 9.17) is 0 Å². The van der Waals surface area contributed by atoms with Crippen molar-refractivity contribution >= 4 is 5.97 Å². The highest BCUT2D eigenvalue weighted by Crippen LogP contribution is 2.68. The van der Waals surface area contributed by atoms with Gasteiger partial charge in [0.05, 0.1) is 5.41 Å². The quantitative estimate of drug-likeness (QED) is 0.757. The molecule has 0 heterocycles. The summed E-state index contributed by atoms with van der Waals surface area (Å²) in [6.45, 7) is 2.23. The van der Waals surface area contributed by atoms with Crippen molar-refractivity contribution in [3.8, 4) is 0 Å². The molecule has 0 saturated heterocycles. The van der Waals surface area contributed by atoms with Crippen LogP contribution in [0.15, 0.2) is 0 Å². The second-order valence-corrected chi connectivity index (χ2v) is 5.85. The highest BCUT2D eigenvalue weighted by molar-refractivity contribution is 5.77. The van der Waals surface area contributed by atoms with E-state index in [2.05, 4.69) is 6.92 Å². The molecule has 2 bridgehead atoms. The first-order valence-electron chi connectivity index (χ1n) is 6.43. The summed E-state index contributed by atoms with van der Waals surface area (Å²) in [5, 5.41) is 9.61. The summed E-state index contributed by atoms with van der Waals surface area (Å²) in [6, 6.07) is 0. The van der Waals surface area contributed by atoms with Crippen LogP contribution in [0.25, 0.3) is 0 Å². The Hall–Kier alpha value is -0.530. The van der Waals surface area contributed by atoms with Gasteiger partial charge >= 0.3 is 5.97 Å². The monoisotopic (exact) mass is 208 g/mol. The number of carboxylic acids is 1. The Morgan fingerprint density at radius 1 is 1.40 bits per heavy atom. The van der Waals surface area contributed by atoms with Crippen molar-refractivity contribution < 1.29 is 9.90 Å². The Morgan fingerprint density at radius 2 is 2.20 bits per heavy atom. The maximum absolute atomic E-state index is 11.7. The average Bonchev–Trinajstić information content (AvgIpc) is 2.88. The number of hydrogen-bond acceptors (Lipinski definition) is 1. The molecule has 0 aromatic rings. The fourth-order valence-corrected chi connectivity index (χ4v) is 5.17. The van der Waals surface area contributed by atoms with Crippen molar-refractivity contribution in [3.05, 3.63) is 0 Å². The molecule has 3 rings (SSSR count). The van der Waals surface area contributed by atoms with Crippen LogP contribution in [0.3, 0.4) is 0 Å². The van der Waals surface area contributed by atoms with Crippen molar-refractivity contribution in [2.24, 2.45) is 29.1 Å². The molecule has 3 fully saturated rings. The zero-order chi connectivity index (χ0) is 10.6. The van der Waals surface area contributed by atoms with Crippen LogP contribution in [0.5, 0.6) is 0 Å². The Balaban J connectivity index is 2.01. The molecule has 0 amide bonds. The maximum Gasteiger partial charge on any atom is 0.310 e. The predicted molar refractivity (Wildman–Crippen MR) is 57.4 cm³/mol. The summed E-state index contributed by atoms with van der Waals surface area (Å²) in [7, 11) is 0. The molecule has 0 radical (unpaired) electrons. The van der Waals surface area contributed by atoms with Gasteiger partial charge in [-0.2, -0.15) is 0 Å². The summed E-state index contributed by atoms with van der Waals surface area (Å²) < 4.78 is 0. The van der Waals surface area contributed by atoms with Gasteiger partial charge in [-0.15, -0.1) is 0 Å². The number of carboxylic acid groups (broad SMARTS) is 1. The van der Waals surface area contributed by atoms with E-state index in [1.807, 2.05) is 0 Å². The molecule has 0 aliphatic heterocycles. The highest BCUT2D eigenvalue weighted by atomic mass is 16.4. The second-order valence-electron chi connectivity index (χ2n) is 5.85. The summed E-state index contributed by atoms with van der Waals surface area (Å²) in [5.41, 5.74) is -0.288. The SMILES string of the molecule is CCC1CC[C@@]2(C(=O)O)[C@@H]3CC[C@@H](C3)[C@@H]12. The predicted octanol–water partition coefficient (Wildman–Crippen LogP) is 2.92. The van der Waals surface area contributed by atoms with Gasteiger partial charge in [-0.05, 0) is 55.8 Å². The average molecular weight is 208 g/mol. The number of aliphatic carboxylic acids is 1. The van der Waals surface area contributed by atoms with Crippen LogP contribution in [0, 0.1) is 29.1 Å². The molecule has 2 nitrogen and oxygen atoms in total. The van der Waals surface area contributed by atoms with Crippen LogP contribution in [0.2, 0.25) is 0 Å². The van der Waals surface area contributed by atoms with Crippen molar-refractivity contribution in [1.29, 1.82) is 0 Å². The van der Waals surface area contributed by atoms with E-state index in [1.54, 1.807) is 0 Å². The fraction of sp³-hybridized carbons (Fsp3) is 0.923. The molecule has 3 aliphatic carbocycles. The van der Waals surface area contributed by atoms with Gasteiger partial charge in [-0.3, -0.25) is 4.79 Å². The maximum atomic E-state index is 11.7. The zero-order valence-corrected chi connectivity index (χ0v) is 9.41. The van der Waals surface area contributed by atoms with Gasteiger partial charge in [-0.25, -0.2) is 0 Å². The Kier molecular flexibility index (Phi) is 1.93. The Morgan fingerprint density at radius 3 is 2.87 bits per heavy atom. The lowest BCUT2D eigenvalue weighted by atomic mass is 9.66. The highest BCUT2D eigenvalue weighted by Gasteiger charge is 2.66. The van der Waals surface area contributed by atoms with E-state index in [-0.39, 0.29) is 5.41 Å². The summed E-state index contributed by atoms with van der Waals surface area (Å²) in [6.07, 6.45) is 7.02. The van der Waals surface area contributed by atoms with Crippen molar-refractivity contribution in [2.45, 2.75) is 45.4 Å². The zero-order valence-electron chi connectivity index (χ0n) is 9.41. The summed E-state index contributed by atoms with van der Waals surface area (Å²) in [4.78, 5) is 11.7. The van der Waals surface area contributed by atoms with Gasteiger partial charge in [-0.1, -0.05) is 13.3 Å². The lowest BCUT2D eigenvalue weighted by Crippen LogP contribution is -2.41. The van der Waals surface area contributed by atoms with E-state index in [0.29, 0.717) is 17.8 Å². The first-order valence-corrected chi connectivity index (χ1v) is 6.43. The Labute approximate surface area is 91.1 Å². The third kappa shape index (κ3) is 0.982. The van der Waals surface area contributed by atoms with E-state index < -0.39 is 5.97 Å². The molecule has 0 aromatic carbocycles. The molecular formula is C13H20O2. The van der Waals surface area contributed by atoms with E-state index >= 15 is 0 Å². The normalized spacial score (nSPS) is 52.1. The van der Waals surface area contributed by atoms with Gasteiger partial charge in [0.1, 0.15) is 0 Å². The summed E-state index contributed by atoms with van der Waals surface area (Å²) >= 11 is 0. The molecule has 1 N–H and O–H groups in total. The standard InChI is InChI=1S/C13H20O2/c1-2-8-5-6-13(12(14)15)10-4-3-9(7-10)11(8)13/h8-11H,2-7H2,1H3,(H,14,15)/t8?,9-,10+,11+,13+/m0/s1. The molecule has 5 atom stereocenters. The van der Waals surface area contributed by atoms with Crippen LogP contribution in [0.1, 0.15) is 45.4 Å². The molecule has 3 saturated carbocycles. The van der Waals surface area contributed by atoms with Crippen LogP contribution in [-0.2, 0) is 4.79 Å². The lowest BCUT2D eigenvalue weighted by molar-refractivity contribution is -0.155. The number of carbonyl (C=O) groups is 1. The number of hydrogen-bond donors (Lipinski definition) is 1. The van der Waals surface area contributed by atoms with E-state index in [0.717, 1.165) is 12.3 Å². The fourth-order valence-electron chi connectivity index (χ4n) is 5.17. The van der Waals surface area contributed by atoms with Gasteiger partial charge in [0.2, 0.25) is 0 Å². The largest absolute Gasteiger partial charge is 0.481 e. The van der Waals surface area contributed by atoms with E-state index in [1.165, 1.54) is 32.1 Å². The minimum atomic E-state index is -0.476. The summed E-state index contributed by atoms with van der Waals surface area (Å²) in [5.74, 6) is 2.02. The first kappa shape index (κ1) is 9.68. The minimum absolute atomic E-state index is 0.288. The van der Waals surface area contributed by atoms with Gasteiger partial charge < -0.3 is 5.11 Å². The molecule has 84 valence electrons. The van der Waals surface area contributed by atoms with Crippen LogP contribution >= 0.6 is 0 Å². The Bertz CT molecular complexity index is 297. The number of rotatable bonds is 2. The third-order valence-electron chi connectivity index (χ3n) is 5.66. The first-order chi connectivity index (χ1) is 7.20. The van der Waals surface area contributed by atoms with Gasteiger partial charge in [0, 0.05) is 0 Å². The molecule has 3 aliphatic rings. The van der Waals surface area contributed by atoms with Crippen molar-refractivity contribution in [2.75, 3.05) is 0 Å². The van der Waals surface area contributed by atoms with Gasteiger partial charge in [0.25, 0.3) is 0 Å². The minimum Gasteiger partial charge on any atom is -0.481 e. The van der Waals surface area contributed by atoms with Crippen molar-refractivity contribution in [1.82, 2.24) is 0 Å². The smallest absolute Gasteiger partial charge is 0.310 e. The van der Waals surface area contributed by atoms with Crippen LogP contribution in [0.4, 0.5) is 0 Å². The lowest BCUT2D eigenvalue weighted by Gasteiger charge is -2.37. The van der Waals surface area contributed by atoms with Crippen molar-refractivity contribution in [3.63, 3.8) is 0 Å². The molecular weight excluding hydrogens is 188 g/mol.